The lowest BCUT2D eigenvalue weighted by Crippen LogP contribution is -2.25. The summed E-state index contributed by atoms with van der Waals surface area (Å²) in [5.41, 5.74) is 2.69. The van der Waals surface area contributed by atoms with E-state index in [2.05, 4.69) is 34.2 Å². The summed E-state index contributed by atoms with van der Waals surface area (Å²) < 4.78 is 9.36. The summed E-state index contributed by atoms with van der Waals surface area (Å²) in [4.78, 5) is 13.7. The molecule has 0 spiro atoms. The Balaban J connectivity index is 1.80. The highest BCUT2D eigenvalue weighted by molar-refractivity contribution is 9.10. The Morgan fingerprint density at radius 2 is 2.13 bits per heavy atom. The maximum absolute atomic E-state index is 12.5. The number of carbonyl (C=O) groups is 1. The number of nitrogens with zero attached hydrogens (tertiary/aromatic N) is 1. The Bertz CT molecular complexity index is 882. The summed E-state index contributed by atoms with van der Waals surface area (Å²) in [5.74, 6) is 0.674. The summed E-state index contributed by atoms with van der Waals surface area (Å²) in [7, 11) is 3.55. The zero-order chi connectivity index (χ0) is 16.6. The third-order valence-electron chi connectivity index (χ3n) is 3.77. The number of methoxy groups -OCH3 is 1. The summed E-state index contributed by atoms with van der Waals surface area (Å²) in [6.45, 7) is 2.49. The number of thiophene rings is 1. The van der Waals surface area contributed by atoms with Crippen LogP contribution in [0.4, 0.5) is 0 Å². The number of halogens is 1. The number of ether oxygens (including phenoxy) is 1. The third-order valence-corrected chi connectivity index (χ3v) is 5.25. The van der Waals surface area contributed by atoms with Gasteiger partial charge in [0.2, 0.25) is 0 Å². The van der Waals surface area contributed by atoms with Crippen LogP contribution in [0.25, 0.3) is 10.2 Å². The minimum atomic E-state index is -0.0874. The number of rotatable bonds is 4. The molecular weight excluding hydrogens is 376 g/mol. The molecule has 0 fully saturated rings. The molecule has 0 aliphatic carbocycles. The number of hydrogen-bond acceptors (Lipinski definition) is 3. The van der Waals surface area contributed by atoms with Gasteiger partial charge in [0.25, 0.3) is 5.91 Å². The number of nitrogens with one attached hydrogen (secondary N) is 1. The van der Waals surface area contributed by atoms with Crippen molar-refractivity contribution in [2.24, 2.45) is 7.05 Å². The molecule has 0 atom stereocenters. The normalized spacial score (nSPS) is 11.0. The first-order valence-corrected chi connectivity index (χ1v) is 8.77. The van der Waals surface area contributed by atoms with E-state index in [0.717, 1.165) is 26.0 Å². The molecule has 1 amide bonds. The Morgan fingerprint density at radius 3 is 2.83 bits per heavy atom. The molecule has 0 aliphatic rings. The molecular formula is C17H17BrN2O2S. The molecule has 0 saturated heterocycles. The standard InChI is InChI=1S/C17H17BrN2O2S/c1-10-6-13-16(23-10)8-14(20(13)2)17(21)19-9-11-7-12(18)4-5-15(11)22-3/h4-8H,9H2,1-3H3,(H,19,21). The van der Waals surface area contributed by atoms with E-state index >= 15 is 0 Å². The van der Waals surface area contributed by atoms with Crippen LogP contribution in [0.2, 0.25) is 0 Å². The Morgan fingerprint density at radius 1 is 1.35 bits per heavy atom. The van der Waals surface area contributed by atoms with E-state index in [1.165, 1.54) is 4.88 Å². The number of aromatic nitrogens is 1. The van der Waals surface area contributed by atoms with Crippen molar-refractivity contribution in [3.8, 4) is 5.75 Å². The van der Waals surface area contributed by atoms with Crippen LogP contribution in [-0.4, -0.2) is 17.6 Å². The van der Waals surface area contributed by atoms with Gasteiger partial charge in [-0.2, -0.15) is 0 Å². The average molecular weight is 393 g/mol. The van der Waals surface area contributed by atoms with Gasteiger partial charge in [-0.15, -0.1) is 11.3 Å². The second-order valence-corrected chi connectivity index (χ2v) is 7.54. The molecule has 2 heterocycles. The van der Waals surface area contributed by atoms with Crippen molar-refractivity contribution in [2.75, 3.05) is 7.11 Å². The first-order valence-electron chi connectivity index (χ1n) is 7.16. The maximum Gasteiger partial charge on any atom is 0.268 e. The molecule has 120 valence electrons. The number of hydrogen-bond donors (Lipinski definition) is 1. The first-order chi connectivity index (χ1) is 11.0. The predicted molar refractivity (Wildman–Crippen MR) is 97.4 cm³/mol. The summed E-state index contributed by atoms with van der Waals surface area (Å²) >= 11 is 5.14. The largest absolute Gasteiger partial charge is 0.496 e. The van der Waals surface area contributed by atoms with Gasteiger partial charge in [0.05, 0.1) is 17.3 Å². The highest BCUT2D eigenvalue weighted by atomic mass is 79.9. The van der Waals surface area contributed by atoms with Crippen LogP contribution in [0.3, 0.4) is 0 Å². The van der Waals surface area contributed by atoms with Gasteiger partial charge < -0.3 is 14.6 Å². The van der Waals surface area contributed by atoms with Gasteiger partial charge in [-0.3, -0.25) is 4.79 Å². The van der Waals surface area contributed by atoms with Gasteiger partial charge in [0.1, 0.15) is 11.4 Å². The molecule has 23 heavy (non-hydrogen) atoms. The molecule has 0 saturated carbocycles. The SMILES string of the molecule is COc1ccc(Br)cc1CNC(=O)c1cc2sc(C)cc2n1C. The second kappa shape index (κ2) is 6.37. The van der Waals surface area contributed by atoms with Crippen LogP contribution < -0.4 is 10.1 Å². The molecule has 1 aromatic carbocycles. The molecule has 0 bridgehead atoms. The Labute approximate surface area is 147 Å². The topological polar surface area (TPSA) is 43.3 Å². The number of carbonyl (C=O) groups excluding carboxylic acids is 1. The van der Waals surface area contributed by atoms with Gasteiger partial charge >= 0.3 is 0 Å². The molecule has 4 nitrogen and oxygen atoms in total. The Kier molecular flexibility index (Phi) is 4.46. The predicted octanol–water partition coefficient (Wildman–Crippen LogP) is 4.25. The summed E-state index contributed by atoms with van der Waals surface area (Å²) in [6, 6.07) is 9.80. The van der Waals surface area contributed by atoms with Crippen LogP contribution in [0.1, 0.15) is 20.9 Å². The van der Waals surface area contributed by atoms with Gasteiger partial charge in [-0.25, -0.2) is 0 Å². The van der Waals surface area contributed by atoms with E-state index in [-0.39, 0.29) is 5.91 Å². The minimum Gasteiger partial charge on any atom is -0.496 e. The molecule has 0 aliphatic heterocycles. The lowest BCUT2D eigenvalue weighted by molar-refractivity contribution is 0.0943. The smallest absolute Gasteiger partial charge is 0.268 e. The molecule has 2 aromatic heterocycles. The van der Waals surface area contributed by atoms with Crippen molar-refractivity contribution >= 4 is 43.4 Å². The van der Waals surface area contributed by atoms with Gasteiger partial charge in [0.15, 0.2) is 0 Å². The van der Waals surface area contributed by atoms with E-state index in [1.54, 1.807) is 18.4 Å². The zero-order valence-corrected chi connectivity index (χ0v) is 15.5. The van der Waals surface area contributed by atoms with Crippen LogP contribution >= 0.6 is 27.3 Å². The highest BCUT2D eigenvalue weighted by Gasteiger charge is 2.15. The van der Waals surface area contributed by atoms with Crippen LogP contribution in [0.5, 0.6) is 5.75 Å². The summed E-state index contributed by atoms with van der Waals surface area (Å²) in [5, 5.41) is 2.97. The minimum absolute atomic E-state index is 0.0874. The van der Waals surface area contributed by atoms with Crippen molar-refractivity contribution < 1.29 is 9.53 Å². The fourth-order valence-electron chi connectivity index (χ4n) is 2.60. The quantitative estimate of drug-likeness (QED) is 0.720. The lowest BCUT2D eigenvalue weighted by atomic mass is 10.2. The number of aryl methyl sites for hydroxylation is 2. The van der Waals surface area contributed by atoms with Crippen molar-refractivity contribution in [3.63, 3.8) is 0 Å². The monoisotopic (exact) mass is 392 g/mol. The zero-order valence-electron chi connectivity index (χ0n) is 13.1. The molecule has 0 radical (unpaired) electrons. The summed E-state index contributed by atoms with van der Waals surface area (Å²) in [6.07, 6.45) is 0. The number of benzene rings is 1. The molecule has 1 N–H and O–H groups in total. The van der Waals surface area contributed by atoms with Crippen molar-refractivity contribution in [1.82, 2.24) is 9.88 Å². The van der Waals surface area contributed by atoms with E-state index in [9.17, 15) is 4.79 Å². The van der Waals surface area contributed by atoms with Gasteiger partial charge in [-0.05, 0) is 37.3 Å². The van der Waals surface area contributed by atoms with Gasteiger partial charge in [-0.1, -0.05) is 15.9 Å². The molecule has 6 heteroatoms. The van der Waals surface area contributed by atoms with Crippen molar-refractivity contribution in [1.29, 1.82) is 0 Å². The molecule has 3 aromatic rings. The van der Waals surface area contributed by atoms with Crippen molar-refractivity contribution in [3.05, 3.63) is 50.9 Å². The second-order valence-electron chi connectivity index (χ2n) is 5.33. The van der Waals surface area contributed by atoms with Crippen molar-refractivity contribution in [2.45, 2.75) is 13.5 Å². The Hall–Kier alpha value is -1.79. The third kappa shape index (κ3) is 3.14. The number of fused-ring (bicyclic) bond motifs is 1. The number of amides is 1. The van der Waals surface area contributed by atoms with Crippen LogP contribution in [0.15, 0.2) is 34.8 Å². The fourth-order valence-corrected chi connectivity index (χ4v) is 4.00. The van der Waals surface area contributed by atoms with Crippen LogP contribution in [0, 0.1) is 6.92 Å². The lowest BCUT2D eigenvalue weighted by Gasteiger charge is -2.11. The van der Waals surface area contributed by atoms with E-state index in [0.29, 0.717) is 12.2 Å². The van der Waals surface area contributed by atoms with E-state index in [1.807, 2.05) is 35.9 Å². The van der Waals surface area contributed by atoms with E-state index in [4.69, 9.17) is 4.74 Å². The maximum atomic E-state index is 12.5. The fraction of sp³-hybridized carbons (Fsp3) is 0.235. The highest BCUT2D eigenvalue weighted by Crippen LogP contribution is 2.28. The van der Waals surface area contributed by atoms with E-state index < -0.39 is 0 Å². The average Bonchev–Trinajstić information content (AvgIpc) is 3.03. The van der Waals surface area contributed by atoms with Crippen LogP contribution in [-0.2, 0) is 13.6 Å². The first kappa shape index (κ1) is 16.1. The van der Waals surface area contributed by atoms with Gasteiger partial charge in [0, 0.05) is 28.5 Å². The molecule has 3 rings (SSSR count). The molecule has 0 unspecified atom stereocenters.